The Labute approximate surface area is 189 Å². The Morgan fingerprint density at radius 1 is 1.24 bits per heavy atom. The fourth-order valence-corrected chi connectivity index (χ4v) is 4.49. The van der Waals surface area contributed by atoms with E-state index in [1.807, 2.05) is 18.3 Å². The highest BCUT2D eigenvalue weighted by atomic mass is 32.2. The number of rotatable bonds is 7. The van der Waals surface area contributed by atoms with Crippen molar-refractivity contribution >= 4 is 28.7 Å². The van der Waals surface area contributed by atoms with Crippen LogP contribution in [0.4, 0.5) is 19.0 Å². The first-order chi connectivity index (χ1) is 15.9. The summed E-state index contributed by atoms with van der Waals surface area (Å²) in [5.41, 5.74) is 2.51. The first-order valence-electron chi connectivity index (χ1n) is 9.83. The number of fused-ring (bicyclic) bond motifs is 3. The van der Waals surface area contributed by atoms with E-state index in [9.17, 15) is 13.2 Å². The van der Waals surface area contributed by atoms with Gasteiger partial charge in [-0.1, -0.05) is 11.2 Å². The molecule has 33 heavy (non-hydrogen) atoms. The average Bonchev–Trinajstić information content (AvgIpc) is 3.52. The summed E-state index contributed by atoms with van der Waals surface area (Å²) in [6.07, 6.45) is -0.556. The number of nitrogens with one attached hydrogen (secondary N) is 1. The Balaban J connectivity index is 1.47. The minimum Gasteiger partial charge on any atom is -0.495 e. The van der Waals surface area contributed by atoms with Crippen LogP contribution in [0.25, 0.3) is 11.0 Å². The molecule has 172 valence electrons. The first kappa shape index (κ1) is 21.3. The van der Waals surface area contributed by atoms with E-state index < -0.39 is 12.1 Å². The molecule has 8 nitrogen and oxygen atoms in total. The number of anilines is 1. The molecule has 2 aromatic heterocycles. The van der Waals surface area contributed by atoms with Crippen molar-refractivity contribution in [2.75, 3.05) is 18.4 Å². The van der Waals surface area contributed by atoms with E-state index in [-0.39, 0.29) is 10.6 Å². The lowest BCUT2D eigenvalue weighted by atomic mass is 10.0. The van der Waals surface area contributed by atoms with Crippen molar-refractivity contribution in [1.29, 1.82) is 0 Å². The summed E-state index contributed by atoms with van der Waals surface area (Å²) in [6, 6.07) is 7.89. The molecule has 0 saturated carbocycles. The third-order valence-electron chi connectivity index (χ3n) is 5.04. The van der Waals surface area contributed by atoms with Gasteiger partial charge in [-0.15, -0.1) is 13.2 Å². The summed E-state index contributed by atoms with van der Waals surface area (Å²) in [5.74, 6) is 0.786. The number of alkyl halides is 3. The van der Waals surface area contributed by atoms with Crippen LogP contribution in [0.3, 0.4) is 0 Å². The summed E-state index contributed by atoms with van der Waals surface area (Å²) in [5, 5.41) is 8.94. The summed E-state index contributed by atoms with van der Waals surface area (Å²) < 4.78 is 64.1. The number of hydrogen-bond donors (Lipinski definition) is 1. The zero-order valence-corrected chi connectivity index (χ0v) is 18.0. The molecule has 0 fully saturated rings. The Bertz CT molecular complexity index is 1290. The third kappa shape index (κ3) is 4.25. The molecule has 0 amide bonds. The quantitative estimate of drug-likeness (QED) is 0.370. The van der Waals surface area contributed by atoms with Gasteiger partial charge in [0, 0.05) is 24.4 Å². The van der Waals surface area contributed by atoms with Crippen LogP contribution in [0.1, 0.15) is 11.1 Å². The molecular formula is C21H17F3N4O4S. The zero-order chi connectivity index (χ0) is 23.0. The minimum atomic E-state index is -4.85. The molecule has 5 rings (SSSR count). The molecule has 2 aromatic carbocycles. The Kier molecular flexibility index (Phi) is 5.44. The van der Waals surface area contributed by atoms with E-state index in [2.05, 4.69) is 19.7 Å². The number of ether oxygens (including phenoxy) is 3. The second-order valence-corrected chi connectivity index (χ2v) is 7.91. The fraction of sp³-hybridized carbons (Fsp3) is 0.238. The second-order valence-electron chi connectivity index (χ2n) is 7.09. The summed E-state index contributed by atoms with van der Waals surface area (Å²) in [6.45, 7) is 1.06. The largest absolute Gasteiger partial charge is 0.573 e. The van der Waals surface area contributed by atoms with Gasteiger partial charge >= 0.3 is 6.36 Å². The fourth-order valence-electron chi connectivity index (χ4n) is 3.69. The van der Waals surface area contributed by atoms with Gasteiger partial charge < -0.3 is 23.5 Å². The molecule has 0 spiro atoms. The summed E-state index contributed by atoms with van der Waals surface area (Å²) >= 11 is 0.873. The van der Waals surface area contributed by atoms with Crippen molar-refractivity contribution in [2.24, 2.45) is 0 Å². The average molecular weight is 478 g/mol. The molecule has 0 radical (unpaired) electrons. The number of aromatic nitrogens is 3. The monoisotopic (exact) mass is 478 g/mol. The SMILES string of the molecule is COc1cccc(OC(F)(F)F)c1SNc1noc2cc(Cn3cccn3)c3c(c12)OCC3. The standard InChI is InChI=1S/C21H17F3N4O4S/c1-29-14-4-2-5-15(31-21(22,23)24)19(14)33-27-20-17-16(32-26-20)10-12(11-28-8-3-7-25-28)13-6-9-30-18(13)17/h2-5,7-8,10H,6,9,11H2,1H3,(H,26,27). The van der Waals surface area contributed by atoms with E-state index in [0.717, 1.165) is 29.5 Å². The normalized spacial score (nSPS) is 13.1. The molecule has 4 aromatic rings. The lowest BCUT2D eigenvalue weighted by Gasteiger charge is -2.15. The lowest BCUT2D eigenvalue weighted by molar-refractivity contribution is -0.275. The van der Waals surface area contributed by atoms with E-state index in [0.29, 0.717) is 35.7 Å². The molecule has 3 heterocycles. The molecule has 0 bridgehead atoms. The maximum Gasteiger partial charge on any atom is 0.573 e. The highest BCUT2D eigenvalue weighted by Gasteiger charge is 2.33. The van der Waals surface area contributed by atoms with Crippen LogP contribution in [0.2, 0.25) is 0 Å². The number of halogens is 3. The van der Waals surface area contributed by atoms with Gasteiger partial charge in [0.1, 0.15) is 27.5 Å². The predicted octanol–water partition coefficient (Wildman–Crippen LogP) is 5.03. The minimum absolute atomic E-state index is 0.112. The zero-order valence-electron chi connectivity index (χ0n) is 17.2. The molecule has 0 aliphatic carbocycles. The second kappa shape index (κ2) is 8.43. The van der Waals surface area contributed by atoms with Crippen molar-refractivity contribution < 1.29 is 31.9 Å². The van der Waals surface area contributed by atoms with Gasteiger partial charge in [-0.05, 0) is 41.8 Å². The highest BCUT2D eigenvalue weighted by molar-refractivity contribution is 8.00. The van der Waals surface area contributed by atoms with Crippen LogP contribution in [0.5, 0.6) is 17.2 Å². The van der Waals surface area contributed by atoms with Crippen LogP contribution in [-0.4, -0.2) is 35.0 Å². The first-order valence-corrected chi connectivity index (χ1v) is 10.6. The smallest absolute Gasteiger partial charge is 0.495 e. The van der Waals surface area contributed by atoms with E-state index in [1.54, 1.807) is 10.9 Å². The highest BCUT2D eigenvalue weighted by Crippen LogP contribution is 2.44. The number of nitrogens with zero attached hydrogens (tertiary/aromatic N) is 3. The van der Waals surface area contributed by atoms with Gasteiger partial charge in [0.15, 0.2) is 11.4 Å². The third-order valence-corrected chi connectivity index (χ3v) is 5.94. The predicted molar refractivity (Wildman–Crippen MR) is 114 cm³/mol. The molecule has 0 atom stereocenters. The van der Waals surface area contributed by atoms with E-state index in [4.69, 9.17) is 14.0 Å². The molecule has 12 heteroatoms. The van der Waals surface area contributed by atoms with E-state index >= 15 is 0 Å². The molecule has 0 saturated heterocycles. The van der Waals surface area contributed by atoms with Crippen molar-refractivity contribution in [2.45, 2.75) is 24.2 Å². The van der Waals surface area contributed by atoms with Gasteiger partial charge in [-0.25, -0.2) is 0 Å². The van der Waals surface area contributed by atoms with Gasteiger partial charge in [0.05, 0.1) is 20.3 Å². The van der Waals surface area contributed by atoms with Crippen LogP contribution >= 0.6 is 11.9 Å². The summed E-state index contributed by atoms with van der Waals surface area (Å²) in [4.78, 5) is 0.112. The number of methoxy groups -OCH3 is 1. The number of benzene rings is 2. The van der Waals surface area contributed by atoms with Gasteiger partial charge in [-0.2, -0.15) is 5.10 Å². The molecule has 0 unspecified atom stereocenters. The van der Waals surface area contributed by atoms with Crippen LogP contribution < -0.4 is 18.9 Å². The lowest BCUT2D eigenvalue weighted by Crippen LogP contribution is -2.17. The summed E-state index contributed by atoms with van der Waals surface area (Å²) in [7, 11) is 1.37. The Morgan fingerprint density at radius 3 is 2.85 bits per heavy atom. The maximum absolute atomic E-state index is 12.9. The van der Waals surface area contributed by atoms with Crippen molar-refractivity contribution in [3.63, 3.8) is 0 Å². The van der Waals surface area contributed by atoms with Gasteiger partial charge in [-0.3, -0.25) is 4.68 Å². The molecular weight excluding hydrogens is 461 g/mol. The Hall–Kier alpha value is -3.54. The van der Waals surface area contributed by atoms with Crippen LogP contribution in [0.15, 0.2) is 52.1 Å². The maximum atomic E-state index is 12.9. The van der Waals surface area contributed by atoms with E-state index in [1.165, 1.54) is 25.3 Å². The van der Waals surface area contributed by atoms with Crippen LogP contribution in [-0.2, 0) is 13.0 Å². The van der Waals surface area contributed by atoms with Crippen molar-refractivity contribution in [1.82, 2.24) is 14.9 Å². The van der Waals surface area contributed by atoms with Crippen molar-refractivity contribution in [3.05, 3.63) is 53.9 Å². The Morgan fingerprint density at radius 2 is 2.09 bits per heavy atom. The van der Waals surface area contributed by atoms with Gasteiger partial charge in [0.25, 0.3) is 0 Å². The van der Waals surface area contributed by atoms with Crippen LogP contribution in [0, 0.1) is 0 Å². The van der Waals surface area contributed by atoms with Gasteiger partial charge in [0.2, 0.25) is 0 Å². The molecule has 1 N–H and O–H groups in total. The topological polar surface area (TPSA) is 83.6 Å². The van der Waals surface area contributed by atoms with Crippen molar-refractivity contribution in [3.8, 4) is 17.2 Å². The molecule has 1 aliphatic heterocycles. The number of hydrogen-bond acceptors (Lipinski definition) is 8. The molecule has 1 aliphatic rings.